The van der Waals surface area contributed by atoms with E-state index in [1.54, 1.807) is 0 Å². The monoisotopic (exact) mass is 272 g/mol. The fraction of sp³-hybridized carbons (Fsp3) is 0.857. The number of carbonyl (C=O) groups is 2. The number of amides is 1. The Morgan fingerprint density at radius 1 is 0.842 bits per heavy atom. The van der Waals surface area contributed by atoms with Gasteiger partial charge < -0.3 is 16.2 Å². The Hall–Kier alpha value is -1.10. The van der Waals surface area contributed by atoms with Crippen LogP contribution in [0.15, 0.2) is 0 Å². The largest absolute Gasteiger partial charge is 0.481 e. The van der Waals surface area contributed by atoms with Crippen LogP contribution in [0.3, 0.4) is 0 Å². The predicted molar refractivity (Wildman–Crippen MR) is 75.9 cm³/mol. The molecule has 0 fully saturated rings. The molecule has 0 aromatic rings. The zero-order valence-electron chi connectivity index (χ0n) is 11.8. The number of carboxylic acids is 1. The summed E-state index contributed by atoms with van der Waals surface area (Å²) in [6.45, 7) is 0.799. The summed E-state index contributed by atoms with van der Waals surface area (Å²) in [7, 11) is 0. The number of hydrogen-bond acceptors (Lipinski definition) is 3. The van der Waals surface area contributed by atoms with Gasteiger partial charge in [0, 0.05) is 13.0 Å². The van der Waals surface area contributed by atoms with Gasteiger partial charge in [0.15, 0.2) is 0 Å². The van der Waals surface area contributed by atoms with Crippen LogP contribution in [0, 0.1) is 0 Å². The first-order chi connectivity index (χ1) is 9.16. The maximum atomic E-state index is 10.8. The molecule has 0 rings (SSSR count). The number of carbonyl (C=O) groups excluding carboxylic acids is 1. The number of unbranched alkanes of at least 4 members (excludes halogenated alkanes) is 8. The van der Waals surface area contributed by atoms with Crippen LogP contribution in [0.4, 0.5) is 0 Å². The molecule has 0 radical (unpaired) electrons. The molecular formula is C14H28N2O3. The first kappa shape index (κ1) is 17.9. The molecule has 4 N–H and O–H groups in total. The Balaban J connectivity index is 3.03. The van der Waals surface area contributed by atoms with Gasteiger partial charge in [-0.25, -0.2) is 0 Å². The van der Waals surface area contributed by atoms with E-state index in [2.05, 4.69) is 5.32 Å². The van der Waals surface area contributed by atoms with Gasteiger partial charge in [-0.1, -0.05) is 44.9 Å². The molecule has 0 bridgehead atoms. The Bertz CT molecular complexity index is 245. The minimum Gasteiger partial charge on any atom is -0.481 e. The minimum atomic E-state index is -0.693. The van der Waals surface area contributed by atoms with Crippen molar-refractivity contribution in [3.05, 3.63) is 0 Å². The molecule has 1 amide bonds. The van der Waals surface area contributed by atoms with E-state index in [0.717, 1.165) is 38.6 Å². The topological polar surface area (TPSA) is 92.4 Å². The molecular weight excluding hydrogens is 244 g/mol. The van der Waals surface area contributed by atoms with Gasteiger partial charge >= 0.3 is 5.97 Å². The first-order valence-electron chi connectivity index (χ1n) is 7.35. The van der Waals surface area contributed by atoms with E-state index in [0.29, 0.717) is 6.42 Å². The molecule has 0 aliphatic heterocycles. The van der Waals surface area contributed by atoms with Crippen LogP contribution in [0.1, 0.15) is 64.2 Å². The van der Waals surface area contributed by atoms with E-state index >= 15 is 0 Å². The van der Waals surface area contributed by atoms with Crippen LogP contribution in [0.25, 0.3) is 0 Å². The maximum absolute atomic E-state index is 10.8. The fourth-order valence-electron chi connectivity index (χ4n) is 1.94. The molecule has 0 saturated heterocycles. The first-order valence-corrected chi connectivity index (χ1v) is 7.35. The van der Waals surface area contributed by atoms with Crippen molar-refractivity contribution in [3.63, 3.8) is 0 Å². The van der Waals surface area contributed by atoms with Crippen molar-refractivity contribution in [1.29, 1.82) is 0 Å². The van der Waals surface area contributed by atoms with Crippen LogP contribution in [0.5, 0.6) is 0 Å². The van der Waals surface area contributed by atoms with Crippen molar-refractivity contribution in [2.75, 3.05) is 13.1 Å². The van der Waals surface area contributed by atoms with Gasteiger partial charge in [0.2, 0.25) is 5.91 Å². The lowest BCUT2D eigenvalue weighted by Crippen LogP contribution is -2.30. The summed E-state index contributed by atoms with van der Waals surface area (Å²) < 4.78 is 0. The van der Waals surface area contributed by atoms with Gasteiger partial charge in [0.1, 0.15) is 0 Å². The molecule has 0 heterocycles. The van der Waals surface area contributed by atoms with Crippen LogP contribution >= 0.6 is 0 Å². The highest BCUT2D eigenvalue weighted by Gasteiger charge is 1.97. The number of nitrogens with two attached hydrogens (primary N) is 1. The Labute approximate surface area is 115 Å². The van der Waals surface area contributed by atoms with Crippen LogP contribution in [0.2, 0.25) is 0 Å². The third-order valence-corrected chi connectivity index (χ3v) is 3.07. The van der Waals surface area contributed by atoms with Crippen molar-refractivity contribution in [2.24, 2.45) is 5.73 Å². The van der Waals surface area contributed by atoms with E-state index in [4.69, 9.17) is 10.8 Å². The number of aliphatic carboxylic acids is 1. The van der Waals surface area contributed by atoms with Gasteiger partial charge in [-0.2, -0.15) is 0 Å². The summed E-state index contributed by atoms with van der Waals surface area (Å²) in [5.74, 6) is -0.775. The third kappa shape index (κ3) is 14.8. The zero-order chi connectivity index (χ0) is 14.3. The summed E-state index contributed by atoms with van der Waals surface area (Å²) in [5.41, 5.74) is 5.17. The number of rotatable bonds is 13. The SMILES string of the molecule is NCC(=O)NCCCCCCCCCCCC(=O)O. The number of carboxylic acid groups (broad SMARTS) is 1. The standard InChI is InChI=1S/C14H28N2O3/c15-12-13(17)16-11-9-7-5-3-1-2-4-6-8-10-14(18)19/h1-12,15H2,(H,16,17)(H,18,19). The molecule has 112 valence electrons. The Morgan fingerprint density at radius 2 is 1.32 bits per heavy atom. The predicted octanol–water partition coefficient (Wildman–Crippen LogP) is 2.05. The molecule has 0 aliphatic rings. The number of nitrogens with one attached hydrogen (secondary N) is 1. The highest BCUT2D eigenvalue weighted by atomic mass is 16.4. The van der Waals surface area contributed by atoms with E-state index in [-0.39, 0.29) is 12.5 Å². The summed E-state index contributed by atoms with van der Waals surface area (Å²) in [5, 5.41) is 11.2. The van der Waals surface area contributed by atoms with Crippen molar-refractivity contribution in [2.45, 2.75) is 64.2 Å². The fourth-order valence-corrected chi connectivity index (χ4v) is 1.94. The molecule has 5 heteroatoms. The molecule has 0 aliphatic carbocycles. The van der Waals surface area contributed by atoms with Gasteiger partial charge in [-0.05, 0) is 12.8 Å². The van der Waals surface area contributed by atoms with E-state index in [1.807, 2.05) is 0 Å². The van der Waals surface area contributed by atoms with Crippen LogP contribution in [-0.4, -0.2) is 30.1 Å². The zero-order valence-corrected chi connectivity index (χ0v) is 11.8. The molecule has 0 saturated carbocycles. The van der Waals surface area contributed by atoms with Crippen molar-refractivity contribution in [3.8, 4) is 0 Å². The summed E-state index contributed by atoms with van der Waals surface area (Å²) >= 11 is 0. The van der Waals surface area contributed by atoms with Gasteiger partial charge in [-0.3, -0.25) is 9.59 Å². The lowest BCUT2D eigenvalue weighted by Gasteiger charge is -2.04. The maximum Gasteiger partial charge on any atom is 0.303 e. The molecule has 5 nitrogen and oxygen atoms in total. The Kier molecular flexibility index (Phi) is 12.6. The third-order valence-electron chi connectivity index (χ3n) is 3.07. The Morgan fingerprint density at radius 3 is 1.79 bits per heavy atom. The van der Waals surface area contributed by atoms with Gasteiger partial charge in [-0.15, -0.1) is 0 Å². The van der Waals surface area contributed by atoms with E-state index in [1.165, 1.54) is 25.7 Å². The average Bonchev–Trinajstić information content (AvgIpc) is 2.39. The molecule has 0 aromatic carbocycles. The van der Waals surface area contributed by atoms with Crippen molar-refractivity contribution < 1.29 is 14.7 Å². The second-order valence-corrected chi connectivity index (χ2v) is 4.88. The molecule has 0 atom stereocenters. The lowest BCUT2D eigenvalue weighted by atomic mass is 10.1. The highest BCUT2D eigenvalue weighted by Crippen LogP contribution is 2.10. The second kappa shape index (κ2) is 13.3. The molecule has 0 aromatic heterocycles. The summed E-state index contributed by atoms with van der Waals surface area (Å²) in [6.07, 6.45) is 10.3. The van der Waals surface area contributed by atoms with E-state index < -0.39 is 5.97 Å². The van der Waals surface area contributed by atoms with Crippen LogP contribution in [-0.2, 0) is 9.59 Å². The smallest absolute Gasteiger partial charge is 0.303 e. The molecule has 0 spiro atoms. The summed E-state index contributed by atoms with van der Waals surface area (Å²) in [4.78, 5) is 21.1. The molecule has 0 unspecified atom stereocenters. The van der Waals surface area contributed by atoms with Crippen molar-refractivity contribution in [1.82, 2.24) is 5.32 Å². The summed E-state index contributed by atoms with van der Waals surface area (Å²) in [6, 6.07) is 0. The second-order valence-electron chi connectivity index (χ2n) is 4.88. The van der Waals surface area contributed by atoms with E-state index in [9.17, 15) is 9.59 Å². The van der Waals surface area contributed by atoms with Gasteiger partial charge in [0.25, 0.3) is 0 Å². The average molecular weight is 272 g/mol. The highest BCUT2D eigenvalue weighted by molar-refractivity contribution is 5.77. The normalized spacial score (nSPS) is 10.4. The quantitative estimate of drug-likeness (QED) is 0.447. The minimum absolute atomic E-state index is 0.0713. The van der Waals surface area contributed by atoms with Crippen LogP contribution < -0.4 is 11.1 Å². The lowest BCUT2D eigenvalue weighted by molar-refractivity contribution is -0.137. The van der Waals surface area contributed by atoms with Crippen molar-refractivity contribution >= 4 is 11.9 Å². The number of hydrogen-bond donors (Lipinski definition) is 3. The van der Waals surface area contributed by atoms with Gasteiger partial charge in [0.05, 0.1) is 6.54 Å². The molecule has 19 heavy (non-hydrogen) atoms.